The summed E-state index contributed by atoms with van der Waals surface area (Å²) >= 11 is 0. The smallest absolute Gasteiger partial charge is 0.170 e. The molecule has 1 heterocycles. The largest absolute Gasteiger partial charge is 0.486 e. The van der Waals surface area contributed by atoms with Gasteiger partial charge in [0.05, 0.1) is 12.0 Å². The van der Waals surface area contributed by atoms with E-state index in [-0.39, 0.29) is 17.2 Å². The van der Waals surface area contributed by atoms with Crippen molar-refractivity contribution in [3.8, 4) is 5.75 Å². The molecule has 0 bridgehead atoms. The Hall–Kier alpha value is -1.38. The third-order valence-electron chi connectivity index (χ3n) is 5.00. The van der Waals surface area contributed by atoms with E-state index in [2.05, 4.69) is 6.92 Å². The van der Waals surface area contributed by atoms with Crippen LogP contribution in [-0.4, -0.2) is 11.4 Å². The standard InChI is InChI=1S/C18H23FO2/c1-2-4-13-5-3-9-18(10-8-13)12-16(20)15-11-14(19)6-7-17(15)21-18/h6-7,11,13H,2-5,8-10,12H2,1H3. The number of hydrogen-bond acceptors (Lipinski definition) is 2. The zero-order chi connectivity index (χ0) is 14.9. The Balaban J connectivity index is 1.81. The molecule has 1 spiro atoms. The van der Waals surface area contributed by atoms with Crippen molar-refractivity contribution in [3.63, 3.8) is 0 Å². The van der Waals surface area contributed by atoms with E-state index in [9.17, 15) is 9.18 Å². The fourth-order valence-electron chi connectivity index (χ4n) is 3.89. The minimum absolute atomic E-state index is 0.0321. The van der Waals surface area contributed by atoms with Gasteiger partial charge in [-0.25, -0.2) is 4.39 Å². The molecule has 3 heteroatoms. The Morgan fingerprint density at radius 1 is 1.33 bits per heavy atom. The topological polar surface area (TPSA) is 26.3 Å². The van der Waals surface area contributed by atoms with E-state index in [1.54, 1.807) is 6.07 Å². The van der Waals surface area contributed by atoms with Gasteiger partial charge in [0.1, 0.15) is 17.2 Å². The lowest BCUT2D eigenvalue weighted by Crippen LogP contribution is -2.41. The number of hydrogen-bond donors (Lipinski definition) is 0. The fraction of sp³-hybridized carbons (Fsp3) is 0.611. The second kappa shape index (κ2) is 5.78. The molecule has 1 aromatic carbocycles. The Morgan fingerprint density at radius 2 is 2.19 bits per heavy atom. The van der Waals surface area contributed by atoms with Gasteiger partial charge in [0.2, 0.25) is 0 Å². The van der Waals surface area contributed by atoms with Crippen LogP contribution in [0.15, 0.2) is 18.2 Å². The molecule has 2 unspecified atom stereocenters. The number of fused-ring (bicyclic) bond motifs is 1. The van der Waals surface area contributed by atoms with Crippen LogP contribution < -0.4 is 4.74 Å². The molecular weight excluding hydrogens is 267 g/mol. The van der Waals surface area contributed by atoms with E-state index < -0.39 is 0 Å². The van der Waals surface area contributed by atoms with Crippen LogP contribution in [0.5, 0.6) is 5.75 Å². The summed E-state index contributed by atoms with van der Waals surface area (Å²) in [5, 5.41) is 0. The summed E-state index contributed by atoms with van der Waals surface area (Å²) in [5.74, 6) is 1.000. The number of rotatable bonds is 2. The zero-order valence-corrected chi connectivity index (χ0v) is 12.7. The maximum atomic E-state index is 13.3. The highest BCUT2D eigenvalue weighted by Crippen LogP contribution is 2.42. The number of carbonyl (C=O) groups excluding carboxylic acids is 1. The van der Waals surface area contributed by atoms with Gasteiger partial charge in [0.15, 0.2) is 5.78 Å². The zero-order valence-electron chi connectivity index (χ0n) is 12.7. The van der Waals surface area contributed by atoms with Gasteiger partial charge in [-0.15, -0.1) is 0 Å². The van der Waals surface area contributed by atoms with E-state index in [0.717, 1.165) is 31.6 Å². The Kier molecular flexibility index (Phi) is 4.01. The predicted molar refractivity (Wildman–Crippen MR) is 80.2 cm³/mol. The number of Topliss-reactive ketones (excluding diaryl/α,β-unsaturated/α-hetero) is 1. The van der Waals surface area contributed by atoms with E-state index >= 15 is 0 Å². The van der Waals surface area contributed by atoms with E-state index in [1.165, 1.54) is 31.4 Å². The molecular formula is C18H23FO2. The van der Waals surface area contributed by atoms with Crippen LogP contribution >= 0.6 is 0 Å². The number of ether oxygens (including phenoxy) is 1. The van der Waals surface area contributed by atoms with Crippen molar-refractivity contribution in [3.05, 3.63) is 29.6 Å². The summed E-state index contributed by atoms with van der Waals surface area (Å²) in [6.07, 6.45) is 8.28. The second-order valence-corrected chi connectivity index (χ2v) is 6.61. The van der Waals surface area contributed by atoms with Crippen molar-refractivity contribution >= 4 is 5.78 Å². The van der Waals surface area contributed by atoms with Gasteiger partial charge in [-0.1, -0.05) is 26.2 Å². The van der Waals surface area contributed by atoms with Crippen LogP contribution in [0.25, 0.3) is 0 Å². The first-order valence-corrected chi connectivity index (χ1v) is 8.14. The quantitative estimate of drug-likeness (QED) is 0.773. The number of ketones is 1. The molecule has 0 amide bonds. The molecule has 1 aliphatic carbocycles. The Labute approximate surface area is 125 Å². The summed E-state index contributed by atoms with van der Waals surface area (Å²) in [6, 6.07) is 4.29. The van der Waals surface area contributed by atoms with Gasteiger partial charge in [-0.05, 0) is 49.8 Å². The molecule has 0 N–H and O–H groups in total. The normalized spacial score (nSPS) is 28.9. The third kappa shape index (κ3) is 2.97. The Bertz CT molecular complexity index is 540. The van der Waals surface area contributed by atoms with Gasteiger partial charge in [0, 0.05) is 0 Å². The monoisotopic (exact) mass is 290 g/mol. The predicted octanol–water partition coefficient (Wildman–Crippen LogP) is 4.91. The van der Waals surface area contributed by atoms with E-state index in [4.69, 9.17) is 4.74 Å². The molecule has 1 aromatic rings. The maximum Gasteiger partial charge on any atom is 0.170 e. The van der Waals surface area contributed by atoms with Gasteiger partial charge in [0.25, 0.3) is 0 Å². The highest BCUT2D eigenvalue weighted by atomic mass is 19.1. The van der Waals surface area contributed by atoms with Gasteiger partial charge in [-0.3, -0.25) is 4.79 Å². The average Bonchev–Trinajstić information content (AvgIpc) is 2.64. The molecule has 1 saturated carbocycles. The minimum Gasteiger partial charge on any atom is -0.486 e. The first-order chi connectivity index (χ1) is 10.1. The molecule has 2 aliphatic rings. The number of carbonyl (C=O) groups is 1. The molecule has 1 aliphatic heterocycles. The van der Waals surface area contributed by atoms with Crippen LogP contribution in [0.4, 0.5) is 4.39 Å². The van der Waals surface area contributed by atoms with E-state index in [1.807, 2.05) is 0 Å². The molecule has 3 rings (SSSR count). The molecule has 1 fully saturated rings. The van der Waals surface area contributed by atoms with Crippen LogP contribution in [0.2, 0.25) is 0 Å². The first kappa shape index (κ1) is 14.6. The summed E-state index contributed by atoms with van der Waals surface area (Å²) in [7, 11) is 0. The summed E-state index contributed by atoms with van der Waals surface area (Å²) in [5.41, 5.74) is 0.0692. The molecule has 2 atom stereocenters. The highest BCUT2D eigenvalue weighted by molar-refractivity contribution is 6.00. The van der Waals surface area contributed by atoms with Crippen molar-refractivity contribution in [2.75, 3.05) is 0 Å². The lowest BCUT2D eigenvalue weighted by atomic mass is 9.83. The van der Waals surface area contributed by atoms with E-state index in [0.29, 0.717) is 17.7 Å². The van der Waals surface area contributed by atoms with Crippen LogP contribution in [0, 0.1) is 11.7 Å². The summed E-state index contributed by atoms with van der Waals surface area (Å²) in [6.45, 7) is 2.23. The van der Waals surface area contributed by atoms with Crippen molar-refractivity contribution in [2.24, 2.45) is 5.92 Å². The van der Waals surface area contributed by atoms with Crippen molar-refractivity contribution in [1.29, 1.82) is 0 Å². The molecule has 21 heavy (non-hydrogen) atoms. The van der Waals surface area contributed by atoms with Gasteiger partial charge in [-0.2, -0.15) is 0 Å². The highest BCUT2D eigenvalue weighted by Gasteiger charge is 2.41. The van der Waals surface area contributed by atoms with Crippen molar-refractivity contribution in [2.45, 2.75) is 63.9 Å². The minimum atomic E-state index is -0.370. The number of benzene rings is 1. The molecule has 114 valence electrons. The van der Waals surface area contributed by atoms with Gasteiger partial charge < -0.3 is 4.74 Å². The lowest BCUT2D eigenvalue weighted by molar-refractivity contribution is 0.0288. The lowest BCUT2D eigenvalue weighted by Gasteiger charge is -2.37. The van der Waals surface area contributed by atoms with Crippen LogP contribution in [0.3, 0.4) is 0 Å². The van der Waals surface area contributed by atoms with Crippen molar-refractivity contribution in [1.82, 2.24) is 0 Å². The molecule has 0 aromatic heterocycles. The average molecular weight is 290 g/mol. The second-order valence-electron chi connectivity index (χ2n) is 6.61. The van der Waals surface area contributed by atoms with Gasteiger partial charge >= 0.3 is 0 Å². The molecule has 0 radical (unpaired) electrons. The van der Waals surface area contributed by atoms with Crippen molar-refractivity contribution < 1.29 is 13.9 Å². The van der Waals surface area contributed by atoms with Crippen LogP contribution in [0.1, 0.15) is 68.6 Å². The third-order valence-corrected chi connectivity index (χ3v) is 5.00. The summed E-state index contributed by atoms with van der Waals surface area (Å²) in [4.78, 5) is 12.4. The molecule has 0 saturated heterocycles. The Morgan fingerprint density at radius 3 is 3.00 bits per heavy atom. The fourth-order valence-corrected chi connectivity index (χ4v) is 3.89. The first-order valence-electron chi connectivity index (χ1n) is 8.14. The number of halogens is 1. The maximum absolute atomic E-state index is 13.3. The SMILES string of the molecule is CCCC1CCCC2(CC1)CC(=O)c1cc(F)ccc1O2. The van der Waals surface area contributed by atoms with Crippen LogP contribution in [-0.2, 0) is 0 Å². The molecule has 2 nitrogen and oxygen atoms in total. The summed E-state index contributed by atoms with van der Waals surface area (Å²) < 4.78 is 19.5.